The number of ketones is 1. The van der Waals surface area contributed by atoms with Gasteiger partial charge in [0.15, 0.2) is 17.3 Å². The zero-order chi connectivity index (χ0) is 22.4. The Morgan fingerprint density at radius 1 is 0.968 bits per heavy atom. The van der Waals surface area contributed by atoms with Crippen LogP contribution in [0.5, 0.6) is 17.2 Å². The van der Waals surface area contributed by atoms with Crippen LogP contribution in [0.25, 0.3) is 0 Å². The molecule has 1 saturated heterocycles. The number of amides is 2. The third kappa shape index (κ3) is 4.86. The molecule has 2 aromatic rings. The molecule has 8 nitrogen and oxygen atoms in total. The van der Waals surface area contributed by atoms with Gasteiger partial charge in [0.05, 0.1) is 39.5 Å². The van der Waals surface area contributed by atoms with E-state index in [4.69, 9.17) is 14.2 Å². The lowest BCUT2D eigenvalue weighted by atomic mass is 10.1. The van der Waals surface area contributed by atoms with Crippen LogP contribution in [0.15, 0.2) is 42.5 Å². The van der Waals surface area contributed by atoms with Gasteiger partial charge in [-0.2, -0.15) is 0 Å². The Morgan fingerprint density at radius 2 is 1.68 bits per heavy atom. The van der Waals surface area contributed by atoms with Crippen LogP contribution in [0, 0.1) is 0 Å². The van der Waals surface area contributed by atoms with Crippen LogP contribution < -0.4 is 19.5 Å². The van der Waals surface area contributed by atoms with E-state index in [0.29, 0.717) is 35.6 Å². The number of nitrogens with zero attached hydrogens (tertiary/aromatic N) is 1. The van der Waals surface area contributed by atoms with Crippen molar-refractivity contribution in [3.63, 3.8) is 0 Å². The molecular formula is C23H26N2O6. The topological polar surface area (TPSA) is 94.2 Å². The molecular weight excluding hydrogens is 400 g/mol. The molecule has 0 saturated carbocycles. The fraction of sp³-hybridized carbons (Fsp3) is 0.348. The van der Waals surface area contributed by atoms with Crippen molar-refractivity contribution in [2.45, 2.75) is 18.9 Å². The number of Topliss-reactive ketones (excluding diaryl/α,β-unsaturated/α-hetero) is 1. The maximum Gasteiger partial charge on any atom is 0.257 e. The van der Waals surface area contributed by atoms with Gasteiger partial charge < -0.3 is 14.2 Å². The molecule has 164 valence electrons. The van der Waals surface area contributed by atoms with Crippen LogP contribution in [-0.4, -0.2) is 63.0 Å². The number of rotatable bonds is 8. The fourth-order valence-electron chi connectivity index (χ4n) is 3.76. The number of carbonyl (C=O) groups is 3. The van der Waals surface area contributed by atoms with Crippen LogP contribution in [0.4, 0.5) is 0 Å². The number of hydrogen-bond acceptors (Lipinski definition) is 7. The molecule has 1 atom stereocenters. The maximum absolute atomic E-state index is 13.0. The molecule has 0 aromatic heterocycles. The standard InChI is InChI=1S/C23H26N2O6/c1-29-19-12-11-16(20(30-2)21(19)31-3)18(26)14-25-13-7-10-17(25)23(28)24-22(27)15-8-5-4-6-9-15/h4-6,8-9,11-12,17H,7,10,13-14H2,1-3H3,(H,24,27,28)/t17-/m1/s1. The van der Waals surface area contributed by atoms with Crippen molar-refractivity contribution >= 4 is 17.6 Å². The summed E-state index contributed by atoms with van der Waals surface area (Å²) in [4.78, 5) is 39.9. The van der Waals surface area contributed by atoms with Gasteiger partial charge in [-0.1, -0.05) is 18.2 Å². The van der Waals surface area contributed by atoms with Gasteiger partial charge in [0.1, 0.15) is 0 Å². The number of methoxy groups -OCH3 is 3. The van der Waals surface area contributed by atoms with Gasteiger partial charge in [0.2, 0.25) is 11.7 Å². The highest BCUT2D eigenvalue weighted by atomic mass is 16.5. The summed E-state index contributed by atoms with van der Waals surface area (Å²) in [7, 11) is 4.43. The first-order chi connectivity index (χ1) is 15.0. The first kappa shape index (κ1) is 22.3. The van der Waals surface area contributed by atoms with E-state index >= 15 is 0 Å². The molecule has 0 aliphatic carbocycles. The van der Waals surface area contributed by atoms with Crippen LogP contribution in [0.2, 0.25) is 0 Å². The predicted octanol–water partition coefficient (Wildman–Crippen LogP) is 2.32. The van der Waals surface area contributed by atoms with Crippen molar-refractivity contribution in [1.82, 2.24) is 10.2 Å². The summed E-state index contributed by atoms with van der Waals surface area (Å²) in [6, 6.07) is 11.2. The molecule has 1 aliphatic heterocycles. The summed E-state index contributed by atoms with van der Waals surface area (Å²) in [5, 5.41) is 2.44. The molecule has 0 radical (unpaired) electrons. The van der Waals surface area contributed by atoms with E-state index in [2.05, 4.69) is 5.32 Å². The molecule has 0 spiro atoms. The Hall–Kier alpha value is -3.39. The monoisotopic (exact) mass is 426 g/mol. The number of imide groups is 1. The number of likely N-dealkylation sites (tertiary alicyclic amines) is 1. The van der Waals surface area contributed by atoms with E-state index in [1.165, 1.54) is 21.3 Å². The third-order valence-electron chi connectivity index (χ3n) is 5.29. The molecule has 31 heavy (non-hydrogen) atoms. The first-order valence-corrected chi connectivity index (χ1v) is 9.96. The van der Waals surface area contributed by atoms with Gasteiger partial charge in [-0.25, -0.2) is 0 Å². The van der Waals surface area contributed by atoms with Crippen LogP contribution in [0.1, 0.15) is 33.6 Å². The predicted molar refractivity (Wildman–Crippen MR) is 114 cm³/mol. The van der Waals surface area contributed by atoms with E-state index in [9.17, 15) is 14.4 Å². The highest BCUT2D eigenvalue weighted by molar-refractivity contribution is 6.06. The summed E-state index contributed by atoms with van der Waals surface area (Å²) in [6.45, 7) is 0.600. The third-order valence-corrected chi connectivity index (χ3v) is 5.29. The number of benzene rings is 2. The van der Waals surface area contributed by atoms with Crippen molar-refractivity contribution in [3.05, 3.63) is 53.6 Å². The Bertz CT molecular complexity index is 960. The number of carbonyl (C=O) groups excluding carboxylic acids is 3. The second-order valence-electron chi connectivity index (χ2n) is 7.12. The SMILES string of the molecule is COc1ccc(C(=O)CN2CCC[C@@H]2C(=O)NC(=O)c2ccccc2)c(OC)c1OC. The van der Waals surface area contributed by atoms with Crippen LogP contribution >= 0.6 is 0 Å². The van der Waals surface area contributed by atoms with Crippen molar-refractivity contribution in [3.8, 4) is 17.2 Å². The average Bonchev–Trinajstić information content (AvgIpc) is 3.26. The van der Waals surface area contributed by atoms with Crippen LogP contribution in [-0.2, 0) is 4.79 Å². The van der Waals surface area contributed by atoms with Gasteiger partial charge in [-0.3, -0.25) is 24.6 Å². The minimum atomic E-state index is -0.553. The molecule has 1 fully saturated rings. The smallest absolute Gasteiger partial charge is 0.257 e. The van der Waals surface area contributed by atoms with Crippen molar-refractivity contribution in [2.24, 2.45) is 0 Å². The lowest BCUT2D eigenvalue weighted by Crippen LogP contribution is -2.46. The molecule has 2 amide bonds. The summed E-state index contributed by atoms with van der Waals surface area (Å²) >= 11 is 0. The Labute approximate surface area is 181 Å². The Morgan fingerprint density at radius 3 is 2.32 bits per heavy atom. The maximum atomic E-state index is 13.0. The number of hydrogen-bond donors (Lipinski definition) is 1. The van der Waals surface area contributed by atoms with Crippen molar-refractivity contribution in [2.75, 3.05) is 34.4 Å². The van der Waals surface area contributed by atoms with E-state index in [1.807, 2.05) is 0 Å². The summed E-state index contributed by atoms with van der Waals surface area (Å²) in [5.74, 6) is -0.00395. The highest BCUT2D eigenvalue weighted by Gasteiger charge is 2.34. The summed E-state index contributed by atoms with van der Waals surface area (Å²) < 4.78 is 16.0. The molecule has 0 bridgehead atoms. The van der Waals surface area contributed by atoms with Crippen molar-refractivity contribution in [1.29, 1.82) is 0 Å². The van der Waals surface area contributed by atoms with Gasteiger partial charge in [0.25, 0.3) is 5.91 Å². The van der Waals surface area contributed by atoms with E-state index < -0.39 is 17.9 Å². The molecule has 1 heterocycles. The molecule has 2 aromatic carbocycles. The minimum absolute atomic E-state index is 0.0173. The fourth-order valence-corrected chi connectivity index (χ4v) is 3.76. The normalized spacial score (nSPS) is 15.9. The average molecular weight is 426 g/mol. The first-order valence-electron chi connectivity index (χ1n) is 9.96. The molecule has 1 aliphatic rings. The van der Waals surface area contributed by atoms with E-state index in [-0.39, 0.29) is 18.1 Å². The van der Waals surface area contributed by atoms with E-state index in [1.54, 1.807) is 47.4 Å². The molecule has 3 rings (SSSR count). The van der Waals surface area contributed by atoms with Gasteiger partial charge in [-0.15, -0.1) is 0 Å². The lowest BCUT2D eigenvalue weighted by molar-refractivity contribution is -0.124. The second kappa shape index (κ2) is 10.1. The second-order valence-corrected chi connectivity index (χ2v) is 7.12. The summed E-state index contributed by atoms with van der Waals surface area (Å²) in [6.07, 6.45) is 1.33. The van der Waals surface area contributed by atoms with Crippen molar-refractivity contribution < 1.29 is 28.6 Å². The highest BCUT2D eigenvalue weighted by Crippen LogP contribution is 2.40. The quantitative estimate of drug-likeness (QED) is 0.511. The Balaban J connectivity index is 1.72. The summed E-state index contributed by atoms with van der Waals surface area (Å²) in [5.41, 5.74) is 0.748. The minimum Gasteiger partial charge on any atom is -0.493 e. The lowest BCUT2D eigenvalue weighted by Gasteiger charge is -2.23. The van der Waals surface area contributed by atoms with Gasteiger partial charge >= 0.3 is 0 Å². The largest absolute Gasteiger partial charge is 0.493 e. The molecule has 8 heteroatoms. The molecule has 1 N–H and O–H groups in total. The zero-order valence-corrected chi connectivity index (χ0v) is 17.8. The molecule has 0 unspecified atom stereocenters. The van der Waals surface area contributed by atoms with Gasteiger partial charge in [0, 0.05) is 5.56 Å². The number of ether oxygens (including phenoxy) is 3. The Kier molecular flexibility index (Phi) is 7.25. The number of nitrogens with one attached hydrogen (secondary N) is 1. The van der Waals surface area contributed by atoms with E-state index in [0.717, 1.165) is 6.42 Å². The zero-order valence-electron chi connectivity index (χ0n) is 17.8. The van der Waals surface area contributed by atoms with Crippen LogP contribution in [0.3, 0.4) is 0 Å². The van der Waals surface area contributed by atoms with Gasteiger partial charge in [-0.05, 0) is 43.7 Å².